The highest BCUT2D eigenvalue weighted by molar-refractivity contribution is 6.03. The number of esters is 1. The highest BCUT2D eigenvalue weighted by Crippen LogP contribution is 2.13. The van der Waals surface area contributed by atoms with E-state index in [1.807, 2.05) is 13.8 Å². The SMILES string of the molecule is CCn1nc(C(=O)Nc2cccc(C(=O)OC)c2)cc1C. The van der Waals surface area contributed by atoms with Gasteiger partial charge in [-0.25, -0.2) is 4.79 Å². The molecule has 0 aliphatic heterocycles. The normalized spacial score (nSPS) is 10.2. The van der Waals surface area contributed by atoms with Gasteiger partial charge in [0.2, 0.25) is 0 Å². The summed E-state index contributed by atoms with van der Waals surface area (Å²) in [5.74, 6) is -0.760. The van der Waals surface area contributed by atoms with Gasteiger partial charge in [-0.15, -0.1) is 0 Å². The quantitative estimate of drug-likeness (QED) is 0.875. The number of hydrogen-bond acceptors (Lipinski definition) is 4. The van der Waals surface area contributed by atoms with E-state index in [-0.39, 0.29) is 5.91 Å². The van der Waals surface area contributed by atoms with Crippen molar-refractivity contribution in [1.29, 1.82) is 0 Å². The van der Waals surface area contributed by atoms with Crippen LogP contribution < -0.4 is 5.32 Å². The molecule has 110 valence electrons. The summed E-state index contributed by atoms with van der Waals surface area (Å²) in [6.07, 6.45) is 0. The van der Waals surface area contributed by atoms with Crippen molar-refractivity contribution in [2.24, 2.45) is 0 Å². The summed E-state index contributed by atoms with van der Waals surface area (Å²) < 4.78 is 6.40. The molecule has 0 unspecified atom stereocenters. The van der Waals surface area contributed by atoms with Crippen LogP contribution in [0.5, 0.6) is 0 Å². The zero-order valence-electron chi connectivity index (χ0n) is 12.2. The third-order valence-electron chi connectivity index (χ3n) is 3.05. The second-order valence-corrected chi connectivity index (χ2v) is 4.51. The minimum absolute atomic E-state index is 0.313. The number of aryl methyl sites for hydroxylation is 2. The number of anilines is 1. The molecule has 0 saturated heterocycles. The van der Waals surface area contributed by atoms with Crippen molar-refractivity contribution >= 4 is 17.6 Å². The van der Waals surface area contributed by atoms with Gasteiger partial charge in [-0.05, 0) is 38.1 Å². The first-order valence-corrected chi connectivity index (χ1v) is 6.59. The largest absolute Gasteiger partial charge is 0.465 e. The topological polar surface area (TPSA) is 73.2 Å². The van der Waals surface area contributed by atoms with Gasteiger partial charge in [0.25, 0.3) is 5.91 Å². The number of ether oxygens (including phenoxy) is 1. The second kappa shape index (κ2) is 6.21. The van der Waals surface area contributed by atoms with E-state index in [4.69, 9.17) is 0 Å². The summed E-state index contributed by atoms with van der Waals surface area (Å²) >= 11 is 0. The van der Waals surface area contributed by atoms with Gasteiger partial charge >= 0.3 is 5.97 Å². The first-order valence-electron chi connectivity index (χ1n) is 6.59. The molecule has 1 aromatic carbocycles. The number of aromatic nitrogens is 2. The van der Waals surface area contributed by atoms with Crippen LogP contribution >= 0.6 is 0 Å². The van der Waals surface area contributed by atoms with Crippen molar-refractivity contribution in [3.05, 3.63) is 47.3 Å². The molecule has 1 heterocycles. The summed E-state index contributed by atoms with van der Waals surface area (Å²) in [4.78, 5) is 23.6. The Hall–Kier alpha value is -2.63. The van der Waals surface area contributed by atoms with E-state index >= 15 is 0 Å². The lowest BCUT2D eigenvalue weighted by atomic mass is 10.2. The van der Waals surface area contributed by atoms with Crippen LogP contribution in [-0.2, 0) is 11.3 Å². The third-order valence-corrected chi connectivity index (χ3v) is 3.05. The van der Waals surface area contributed by atoms with Crippen LogP contribution in [0.3, 0.4) is 0 Å². The molecule has 1 N–H and O–H groups in total. The zero-order valence-corrected chi connectivity index (χ0v) is 12.2. The predicted molar refractivity (Wildman–Crippen MR) is 78.4 cm³/mol. The van der Waals surface area contributed by atoms with Crippen molar-refractivity contribution in [3.8, 4) is 0 Å². The maximum absolute atomic E-state index is 12.1. The summed E-state index contributed by atoms with van der Waals surface area (Å²) in [6, 6.07) is 8.29. The van der Waals surface area contributed by atoms with Crippen LogP contribution in [0.25, 0.3) is 0 Å². The molecule has 0 aliphatic carbocycles. The van der Waals surface area contributed by atoms with Gasteiger partial charge in [-0.2, -0.15) is 5.10 Å². The van der Waals surface area contributed by atoms with Crippen LogP contribution in [0.15, 0.2) is 30.3 Å². The highest BCUT2D eigenvalue weighted by Gasteiger charge is 2.13. The van der Waals surface area contributed by atoms with Crippen molar-refractivity contribution in [2.45, 2.75) is 20.4 Å². The molecule has 0 radical (unpaired) electrons. The van der Waals surface area contributed by atoms with Gasteiger partial charge in [-0.3, -0.25) is 9.48 Å². The van der Waals surface area contributed by atoms with E-state index in [2.05, 4.69) is 15.2 Å². The third kappa shape index (κ3) is 3.28. The fourth-order valence-corrected chi connectivity index (χ4v) is 1.98. The molecule has 0 fully saturated rings. The monoisotopic (exact) mass is 287 g/mol. The van der Waals surface area contributed by atoms with E-state index in [0.717, 1.165) is 5.69 Å². The predicted octanol–water partition coefficient (Wildman–Crippen LogP) is 2.25. The standard InChI is InChI=1S/C15H17N3O3/c1-4-18-10(2)8-13(17-18)14(19)16-12-7-5-6-11(9-12)15(20)21-3/h5-9H,4H2,1-3H3,(H,16,19). The molecular formula is C15H17N3O3. The average Bonchev–Trinajstić information content (AvgIpc) is 2.88. The van der Waals surface area contributed by atoms with Crippen LogP contribution in [0.1, 0.15) is 33.5 Å². The maximum atomic E-state index is 12.1. The highest BCUT2D eigenvalue weighted by atomic mass is 16.5. The molecule has 2 aromatic rings. The Morgan fingerprint density at radius 1 is 1.33 bits per heavy atom. The lowest BCUT2D eigenvalue weighted by Crippen LogP contribution is -2.14. The number of rotatable bonds is 4. The zero-order chi connectivity index (χ0) is 15.4. The second-order valence-electron chi connectivity index (χ2n) is 4.51. The van der Waals surface area contributed by atoms with Gasteiger partial charge < -0.3 is 10.1 Å². The Kier molecular flexibility index (Phi) is 4.37. The van der Waals surface area contributed by atoms with Crippen LogP contribution in [-0.4, -0.2) is 28.8 Å². The Bertz CT molecular complexity index is 677. The molecule has 1 amide bonds. The minimum atomic E-state index is -0.447. The van der Waals surface area contributed by atoms with Crippen molar-refractivity contribution in [2.75, 3.05) is 12.4 Å². The van der Waals surface area contributed by atoms with Crippen molar-refractivity contribution in [1.82, 2.24) is 9.78 Å². The smallest absolute Gasteiger partial charge is 0.337 e. The molecule has 2 rings (SSSR count). The van der Waals surface area contributed by atoms with Gasteiger partial charge in [0, 0.05) is 17.9 Å². The van der Waals surface area contributed by atoms with Crippen LogP contribution in [0.4, 0.5) is 5.69 Å². The van der Waals surface area contributed by atoms with Gasteiger partial charge in [-0.1, -0.05) is 6.07 Å². The van der Waals surface area contributed by atoms with Gasteiger partial charge in [0.15, 0.2) is 5.69 Å². The molecule has 1 aromatic heterocycles. The molecule has 0 bridgehead atoms. The minimum Gasteiger partial charge on any atom is -0.465 e. The molecule has 0 aliphatic rings. The van der Waals surface area contributed by atoms with E-state index in [9.17, 15) is 9.59 Å². The first kappa shape index (κ1) is 14.8. The van der Waals surface area contributed by atoms with E-state index in [1.54, 1.807) is 35.0 Å². The molecule has 0 atom stereocenters. The molecule has 6 nitrogen and oxygen atoms in total. The Labute approximate surface area is 122 Å². The number of carbonyl (C=O) groups excluding carboxylic acids is 2. The first-order chi connectivity index (χ1) is 10.0. The fourth-order valence-electron chi connectivity index (χ4n) is 1.98. The summed E-state index contributed by atoms with van der Waals surface area (Å²) in [6.45, 7) is 4.56. The lowest BCUT2D eigenvalue weighted by molar-refractivity contribution is 0.0600. The molecule has 21 heavy (non-hydrogen) atoms. The maximum Gasteiger partial charge on any atom is 0.337 e. The van der Waals surface area contributed by atoms with Crippen LogP contribution in [0.2, 0.25) is 0 Å². The average molecular weight is 287 g/mol. The van der Waals surface area contributed by atoms with Crippen molar-refractivity contribution in [3.63, 3.8) is 0 Å². The Balaban J connectivity index is 2.17. The molecular weight excluding hydrogens is 270 g/mol. The summed E-state index contributed by atoms with van der Waals surface area (Å²) in [7, 11) is 1.31. The number of amides is 1. The molecule has 0 saturated carbocycles. The number of nitrogens with one attached hydrogen (secondary N) is 1. The summed E-state index contributed by atoms with van der Waals surface area (Å²) in [5.41, 5.74) is 2.17. The lowest BCUT2D eigenvalue weighted by Gasteiger charge is -2.05. The van der Waals surface area contributed by atoms with Crippen molar-refractivity contribution < 1.29 is 14.3 Å². The Morgan fingerprint density at radius 3 is 2.71 bits per heavy atom. The van der Waals surface area contributed by atoms with E-state index in [0.29, 0.717) is 23.5 Å². The molecule has 0 spiro atoms. The number of hydrogen-bond donors (Lipinski definition) is 1. The van der Waals surface area contributed by atoms with E-state index in [1.165, 1.54) is 7.11 Å². The van der Waals surface area contributed by atoms with E-state index < -0.39 is 5.97 Å². The van der Waals surface area contributed by atoms with Crippen LogP contribution in [0, 0.1) is 6.92 Å². The summed E-state index contributed by atoms with van der Waals surface area (Å²) in [5, 5.41) is 6.93. The number of carbonyl (C=O) groups is 2. The number of methoxy groups -OCH3 is 1. The number of benzene rings is 1. The van der Waals surface area contributed by atoms with Gasteiger partial charge in [0.05, 0.1) is 12.7 Å². The Morgan fingerprint density at radius 2 is 2.10 bits per heavy atom. The number of nitrogens with zero attached hydrogens (tertiary/aromatic N) is 2. The molecule has 6 heteroatoms. The fraction of sp³-hybridized carbons (Fsp3) is 0.267. The van der Waals surface area contributed by atoms with Gasteiger partial charge in [0.1, 0.15) is 0 Å².